The molecule has 0 bridgehead atoms. The van der Waals surface area contributed by atoms with Gasteiger partial charge in [-0.2, -0.15) is 0 Å². The van der Waals surface area contributed by atoms with E-state index >= 15 is 0 Å². The van der Waals surface area contributed by atoms with Gasteiger partial charge in [-0.3, -0.25) is 4.79 Å². The second kappa shape index (κ2) is 7.94. The van der Waals surface area contributed by atoms with Gasteiger partial charge in [-0.1, -0.05) is 6.92 Å². The van der Waals surface area contributed by atoms with Crippen LogP contribution in [0.1, 0.15) is 91.4 Å². The number of carbonyl (C=O) groups is 2. The van der Waals surface area contributed by atoms with E-state index in [1.165, 1.54) is 15.3 Å². The van der Waals surface area contributed by atoms with Crippen molar-refractivity contribution >= 4 is 23.2 Å². The maximum atomic E-state index is 12.4. The van der Waals surface area contributed by atoms with Crippen LogP contribution >= 0.6 is 11.3 Å². The first kappa shape index (κ1) is 20.4. The van der Waals surface area contributed by atoms with Gasteiger partial charge in [0.25, 0.3) is 0 Å². The number of rotatable bonds is 3. The molecular weight excluding hydrogens is 358 g/mol. The van der Waals surface area contributed by atoms with Gasteiger partial charge in [0.2, 0.25) is 0 Å². The van der Waals surface area contributed by atoms with Gasteiger partial charge in [0.15, 0.2) is 5.78 Å². The molecular formula is C22H33NO3S. The molecule has 2 aliphatic rings. The van der Waals surface area contributed by atoms with Crippen LogP contribution in [-0.4, -0.2) is 35.5 Å². The quantitative estimate of drug-likeness (QED) is 0.662. The molecule has 0 N–H and O–H groups in total. The lowest BCUT2D eigenvalue weighted by atomic mass is 9.80. The highest BCUT2D eigenvalue weighted by Crippen LogP contribution is 2.44. The number of hydrogen-bond acceptors (Lipinski definition) is 4. The van der Waals surface area contributed by atoms with E-state index < -0.39 is 5.60 Å². The Morgan fingerprint density at radius 1 is 1.26 bits per heavy atom. The molecule has 2 heterocycles. The molecule has 1 aromatic heterocycles. The Bertz CT molecular complexity index is 708. The molecule has 1 aromatic rings. The van der Waals surface area contributed by atoms with Crippen LogP contribution in [-0.2, 0) is 11.2 Å². The number of likely N-dealkylation sites (tertiary alicyclic amines) is 1. The highest BCUT2D eigenvalue weighted by molar-refractivity contribution is 7.12. The summed E-state index contributed by atoms with van der Waals surface area (Å²) in [5.74, 6) is 1.41. The van der Waals surface area contributed by atoms with Gasteiger partial charge in [0.1, 0.15) is 5.60 Å². The van der Waals surface area contributed by atoms with Crippen LogP contribution in [0.25, 0.3) is 0 Å². The zero-order chi connectivity index (χ0) is 19.8. The van der Waals surface area contributed by atoms with Gasteiger partial charge in [-0.05, 0) is 77.2 Å². The highest BCUT2D eigenvalue weighted by atomic mass is 32.1. The Kier molecular flexibility index (Phi) is 5.99. The summed E-state index contributed by atoms with van der Waals surface area (Å²) in [4.78, 5) is 29.3. The number of ketones is 1. The summed E-state index contributed by atoms with van der Waals surface area (Å²) in [6.07, 6.45) is 5.67. The third-order valence-electron chi connectivity index (χ3n) is 5.88. The number of ether oxygens (including phenoxy) is 1. The van der Waals surface area contributed by atoms with Crippen molar-refractivity contribution in [3.05, 3.63) is 20.9 Å². The van der Waals surface area contributed by atoms with Crippen LogP contribution in [0.4, 0.5) is 4.79 Å². The Morgan fingerprint density at radius 2 is 1.93 bits per heavy atom. The number of amides is 1. The molecule has 0 radical (unpaired) electrons. The van der Waals surface area contributed by atoms with Crippen LogP contribution < -0.4 is 0 Å². The first-order chi connectivity index (χ1) is 12.7. The number of aryl methyl sites for hydroxylation is 1. The Balaban J connectivity index is 1.70. The maximum absolute atomic E-state index is 12.4. The number of nitrogens with zero attached hydrogens (tertiary/aromatic N) is 1. The number of Topliss-reactive ketones (excluding diaryl/α,β-unsaturated/α-hetero) is 1. The van der Waals surface area contributed by atoms with Crippen molar-refractivity contribution in [2.45, 2.75) is 84.7 Å². The molecule has 1 fully saturated rings. The average molecular weight is 392 g/mol. The number of fused-ring (bicyclic) bond motifs is 1. The SMILES string of the molecule is CC[C@@H](c1sc2c(c1C)C(=O)CCC2)C1CCN(C(=O)OC(C)(C)C)CC1. The summed E-state index contributed by atoms with van der Waals surface area (Å²) in [5.41, 5.74) is 1.83. The van der Waals surface area contributed by atoms with E-state index in [1.807, 2.05) is 37.0 Å². The second-order valence-corrected chi connectivity index (χ2v) is 10.1. The fourth-order valence-electron chi connectivity index (χ4n) is 4.57. The maximum Gasteiger partial charge on any atom is 0.410 e. The zero-order valence-electron chi connectivity index (χ0n) is 17.4. The molecule has 1 saturated heterocycles. The van der Waals surface area contributed by atoms with Crippen molar-refractivity contribution in [2.24, 2.45) is 5.92 Å². The normalized spacial score (nSPS) is 19.7. The standard InChI is InChI=1S/C22H33NO3S/c1-6-16(20-14(2)19-17(24)8-7-9-18(19)27-20)15-10-12-23(13-11-15)21(25)26-22(3,4)5/h15-16H,6-13H2,1-5H3/t16-/m1/s1. The van der Waals surface area contributed by atoms with Crippen molar-refractivity contribution in [3.63, 3.8) is 0 Å². The highest BCUT2D eigenvalue weighted by Gasteiger charge is 2.34. The molecule has 0 spiro atoms. The Hall–Kier alpha value is -1.36. The lowest BCUT2D eigenvalue weighted by Crippen LogP contribution is -2.42. The molecule has 5 heteroatoms. The summed E-state index contributed by atoms with van der Waals surface area (Å²) < 4.78 is 5.52. The smallest absolute Gasteiger partial charge is 0.410 e. The monoisotopic (exact) mass is 391 g/mol. The van der Waals surface area contributed by atoms with Crippen molar-refractivity contribution in [2.75, 3.05) is 13.1 Å². The molecule has 27 heavy (non-hydrogen) atoms. The lowest BCUT2D eigenvalue weighted by molar-refractivity contribution is 0.0173. The third kappa shape index (κ3) is 4.39. The van der Waals surface area contributed by atoms with Gasteiger partial charge >= 0.3 is 6.09 Å². The van der Waals surface area contributed by atoms with E-state index in [4.69, 9.17) is 4.74 Å². The average Bonchev–Trinajstić information content (AvgIpc) is 2.93. The number of hydrogen-bond donors (Lipinski definition) is 0. The minimum Gasteiger partial charge on any atom is -0.444 e. The molecule has 1 atom stereocenters. The second-order valence-electron chi connectivity index (χ2n) is 8.99. The molecule has 150 valence electrons. The lowest BCUT2D eigenvalue weighted by Gasteiger charge is -2.36. The number of carbonyl (C=O) groups excluding carboxylic acids is 2. The van der Waals surface area contributed by atoms with Crippen LogP contribution in [0.2, 0.25) is 0 Å². The van der Waals surface area contributed by atoms with Crippen molar-refractivity contribution < 1.29 is 14.3 Å². The molecule has 1 amide bonds. The van der Waals surface area contributed by atoms with Crippen LogP contribution in [0.5, 0.6) is 0 Å². The van der Waals surface area contributed by atoms with Gasteiger partial charge in [0, 0.05) is 34.8 Å². The molecule has 4 nitrogen and oxygen atoms in total. The molecule has 0 unspecified atom stereocenters. The first-order valence-electron chi connectivity index (χ1n) is 10.3. The molecule has 0 aromatic carbocycles. The minimum atomic E-state index is -0.445. The van der Waals surface area contributed by atoms with Gasteiger partial charge in [0.05, 0.1) is 0 Å². The van der Waals surface area contributed by atoms with E-state index in [9.17, 15) is 9.59 Å². The predicted octanol–water partition coefficient (Wildman–Crippen LogP) is 5.72. The van der Waals surface area contributed by atoms with Gasteiger partial charge < -0.3 is 9.64 Å². The summed E-state index contributed by atoms with van der Waals surface area (Å²) in [6.45, 7) is 11.7. The van der Waals surface area contributed by atoms with Crippen molar-refractivity contribution in [3.8, 4) is 0 Å². The van der Waals surface area contributed by atoms with E-state index in [2.05, 4.69) is 13.8 Å². The van der Waals surface area contributed by atoms with Crippen molar-refractivity contribution in [1.29, 1.82) is 0 Å². The summed E-state index contributed by atoms with van der Waals surface area (Å²) >= 11 is 1.88. The third-order valence-corrected chi connectivity index (χ3v) is 7.36. The van der Waals surface area contributed by atoms with Crippen molar-refractivity contribution in [1.82, 2.24) is 4.90 Å². The largest absolute Gasteiger partial charge is 0.444 e. The first-order valence-corrected chi connectivity index (χ1v) is 11.2. The minimum absolute atomic E-state index is 0.192. The molecule has 0 saturated carbocycles. The molecule has 3 rings (SSSR count). The molecule has 1 aliphatic heterocycles. The van der Waals surface area contributed by atoms with E-state index in [0.717, 1.165) is 50.8 Å². The Morgan fingerprint density at radius 3 is 2.48 bits per heavy atom. The van der Waals surface area contributed by atoms with E-state index in [1.54, 1.807) is 0 Å². The summed E-state index contributed by atoms with van der Waals surface area (Å²) in [6, 6.07) is 0. The van der Waals surface area contributed by atoms with Crippen LogP contribution in [0.15, 0.2) is 0 Å². The summed E-state index contributed by atoms with van der Waals surface area (Å²) in [7, 11) is 0. The van der Waals surface area contributed by atoms with Crippen LogP contribution in [0.3, 0.4) is 0 Å². The van der Waals surface area contributed by atoms with E-state index in [0.29, 0.717) is 24.0 Å². The predicted molar refractivity (Wildman–Crippen MR) is 110 cm³/mol. The fraction of sp³-hybridized carbons (Fsp3) is 0.727. The number of thiophene rings is 1. The molecule has 1 aliphatic carbocycles. The summed E-state index contributed by atoms with van der Waals surface area (Å²) in [5, 5.41) is 0. The number of piperidine rings is 1. The van der Waals surface area contributed by atoms with E-state index in [-0.39, 0.29) is 6.09 Å². The van der Waals surface area contributed by atoms with Crippen LogP contribution in [0, 0.1) is 12.8 Å². The van der Waals surface area contributed by atoms with Gasteiger partial charge in [-0.25, -0.2) is 4.79 Å². The Labute approximate surface area is 167 Å². The van der Waals surface area contributed by atoms with Gasteiger partial charge in [-0.15, -0.1) is 11.3 Å². The fourth-order valence-corrected chi connectivity index (χ4v) is 6.21. The topological polar surface area (TPSA) is 46.6 Å². The zero-order valence-corrected chi connectivity index (χ0v) is 18.2.